The van der Waals surface area contributed by atoms with Gasteiger partial charge in [0.05, 0.1) is 0 Å². The highest BCUT2D eigenvalue weighted by atomic mass is 16.2. The van der Waals surface area contributed by atoms with Crippen molar-refractivity contribution in [3.05, 3.63) is 35.9 Å². The Morgan fingerprint density at radius 2 is 1.83 bits per heavy atom. The molecule has 0 aliphatic rings. The largest absolute Gasteiger partial charge is 0.368 e. The van der Waals surface area contributed by atoms with Crippen LogP contribution < -0.4 is 11.1 Å². The summed E-state index contributed by atoms with van der Waals surface area (Å²) in [5.41, 5.74) is 6.03. The lowest BCUT2D eigenvalue weighted by atomic mass is 10.0. The Balaban J connectivity index is 2.65. The van der Waals surface area contributed by atoms with Crippen LogP contribution in [0.1, 0.15) is 38.3 Å². The predicted octanol–water partition coefficient (Wildman–Crippen LogP) is 1.77. The third-order valence-corrected chi connectivity index (χ3v) is 2.67. The van der Waals surface area contributed by atoms with Crippen molar-refractivity contribution in [2.24, 2.45) is 11.7 Å². The number of carbonyl (C=O) groups is 2. The van der Waals surface area contributed by atoms with Gasteiger partial charge in [-0.05, 0) is 17.9 Å². The molecule has 0 fully saturated rings. The number of hydrogen-bond acceptors (Lipinski definition) is 2. The average molecular weight is 248 g/mol. The Labute approximate surface area is 108 Å². The summed E-state index contributed by atoms with van der Waals surface area (Å²) >= 11 is 0. The van der Waals surface area contributed by atoms with Crippen LogP contribution in [0, 0.1) is 5.92 Å². The van der Waals surface area contributed by atoms with Crippen molar-refractivity contribution in [2.75, 3.05) is 0 Å². The molecule has 18 heavy (non-hydrogen) atoms. The van der Waals surface area contributed by atoms with E-state index in [9.17, 15) is 9.59 Å². The number of amides is 2. The van der Waals surface area contributed by atoms with Crippen LogP contribution in [0.15, 0.2) is 30.3 Å². The smallest absolute Gasteiger partial charge is 0.244 e. The normalized spacial score (nSPS) is 12.2. The van der Waals surface area contributed by atoms with Crippen LogP contribution in [0.5, 0.6) is 0 Å². The van der Waals surface area contributed by atoms with Gasteiger partial charge in [-0.3, -0.25) is 9.59 Å². The number of nitrogens with one attached hydrogen (secondary N) is 1. The van der Waals surface area contributed by atoms with Crippen LogP contribution in [-0.2, 0) is 9.59 Å². The van der Waals surface area contributed by atoms with Crippen LogP contribution >= 0.6 is 0 Å². The van der Waals surface area contributed by atoms with E-state index in [1.165, 1.54) is 0 Å². The minimum Gasteiger partial charge on any atom is -0.368 e. The molecule has 0 aliphatic heterocycles. The van der Waals surface area contributed by atoms with E-state index in [0.29, 0.717) is 17.9 Å². The third kappa shape index (κ3) is 4.57. The van der Waals surface area contributed by atoms with Gasteiger partial charge in [0, 0.05) is 6.42 Å². The number of benzene rings is 1. The molecule has 1 atom stereocenters. The molecular weight excluding hydrogens is 228 g/mol. The second kappa shape index (κ2) is 6.79. The van der Waals surface area contributed by atoms with Gasteiger partial charge in [-0.25, -0.2) is 0 Å². The van der Waals surface area contributed by atoms with Gasteiger partial charge in [-0.15, -0.1) is 0 Å². The van der Waals surface area contributed by atoms with Crippen molar-refractivity contribution in [3.63, 3.8) is 0 Å². The molecule has 1 aromatic rings. The fourth-order valence-electron chi connectivity index (χ4n) is 1.62. The Hall–Kier alpha value is -1.84. The highest BCUT2D eigenvalue weighted by molar-refractivity contribution is 5.87. The lowest BCUT2D eigenvalue weighted by Gasteiger charge is -2.16. The molecule has 1 aromatic carbocycles. The predicted molar refractivity (Wildman–Crippen MR) is 70.6 cm³/mol. The Morgan fingerprint density at radius 3 is 2.33 bits per heavy atom. The Kier molecular flexibility index (Phi) is 5.36. The molecule has 4 heteroatoms. The molecule has 0 aromatic heterocycles. The van der Waals surface area contributed by atoms with Crippen LogP contribution in [0.2, 0.25) is 0 Å². The summed E-state index contributed by atoms with van der Waals surface area (Å²) < 4.78 is 0. The second-order valence-electron chi connectivity index (χ2n) is 4.75. The molecule has 0 saturated carbocycles. The molecule has 0 heterocycles. The molecule has 4 nitrogen and oxygen atoms in total. The van der Waals surface area contributed by atoms with E-state index in [1.54, 1.807) is 12.1 Å². The second-order valence-corrected chi connectivity index (χ2v) is 4.75. The van der Waals surface area contributed by atoms with Gasteiger partial charge >= 0.3 is 0 Å². The Bertz CT molecular complexity index is 402. The van der Waals surface area contributed by atoms with E-state index in [2.05, 4.69) is 19.2 Å². The van der Waals surface area contributed by atoms with Gasteiger partial charge < -0.3 is 11.1 Å². The summed E-state index contributed by atoms with van der Waals surface area (Å²) in [6.45, 7) is 4.10. The number of hydrogen-bond donors (Lipinski definition) is 2. The summed E-state index contributed by atoms with van der Waals surface area (Å²) in [4.78, 5) is 23.1. The SMILES string of the molecule is CC(C)CCC(=O)N[C@H](C(N)=O)c1ccccc1. The molecule has 98 valence electrons. The van der Waals surface area contributed by atoms with Gasteiger partial charge in [0.2, 0.25) is 11.8 Å². The van der Waals surface area contributed by atoms with Crippen LogP contribution in [0.25, 0.3) is 0 Å². The maximum Gasteiger partial charge on any atom is 0.244 e. The molecule has 0 saturated heterocycles. The summed E-state index contributed by atoms with van der Waals surface area (Å²) in [7, 11) is 0. The molecule has 0 spiro atoms. The van der Waals surface area contributed by atoms with Gasteiger partial charge in [0.1, 0.15) is 6.04 Å². The van der Waals surface area contributed by atoms with Crippen molar-refractivity contribution in [3.8, 4) is 0 Å². The molecule has 0 radical (unpaired) electrons. The first kappa shape index (κ1) is 14.2. The zero-order chi connectivity index (χ0) is 13.5. The first-order chi connectivity index (χ1) is 8.50. The molecule has 1 rings (SSSR count). The molecule has 0 bridgehead atoms. The summed E-state index contributed by atoms with van der Waals surface area (Å²) in [5.74, 6) is -0.227. The fourth-order valence-corrected chi connectivity index (χ4v) is 1.62. The summed E-state index contributed by atoms with van der Waals surface area (Å²) in [6.07, 6.45) is 1.21. The average Bonchev–Trinajstić information content (AvgIpc) is 2.34. The Morgan fingerprint density at radius 1 is 1.22 bits per heavy atom. The van der Waals surface area contributed by atoms with Crippen molar-refractivity contribution in [2.45, 2.75) is 32.7 Å². The van der Waals surface area contributed by atoms with Crippen molar-refractivity contribution >= 4 is 11.8 Å². The molecule has 3 N–H and O–H groups in total. The monoisotopic (exact) mass is 248 g/mol. The standard InChI is InChI=1S/C14H20N2O2/c1-10(2)8-9-12(17)16-13(14(15)18)11-6-4-3-5-7-11/h3-7,10,13H,8-9H2,1-2H3,(H2,15,18)(H,16,17)/t13-/m0/s1. The summed E-state index contributed by atoms with van der Waals surface area (Å²) in [5, 5.41) is 2.67. The van der Waals surface area contributed by atoms with E-state index in [4.69, 9.17) is 5.73 Å². The number of rotatable bonds is 6. The van der Waals surface area contributed by atoms with Crippen molar-refractivity contribution in [1.82, 2.24) is 5.32 Å². The van der Waals surface area contributed by atoms with E-state index in [0.717, 1.165) is 6.42 Å². The molecule has 2 amide bonds. The molecule has 0 aliphatic carbocycles. The lowest BCUT2D eigenvalue weighted by molar-refractivity contribution is -0.127. The third-order valence-electron chi connectivity index (χ3n) is 2.67. The van der Waals surface area contributed by atoms with Gasteiger partial charge in [0.15, 0.2) is 0 Å². The zero-order valence-corrected chi connectivity index (χ0v) is 10.8. The lowest BCUT2D eigenvalue weighted by Crippen LogP contribution is -2.37. The highest BCUT2D eigenvalue weighted by Gasteiger charge is 2.19. The van der Waals surface area contributed by atoms with Gasteiger partial charge in [-0.2, -0.15) is 0 Å². The number of carbonyl (C=O) groups excluding carboxylic acids is 2. The highest BCUT2D eigenvalue weighted by Crippen LogP contribution is 2.13. The maximum absolute atomic E-state index is 11.7. The van der Waals surface area contributed by atoms with Crippen LogP contribution in [0.4, 0.5) is 0 Å². The van der Waals surface area contributed by atoms with E-state index in [-0.39, 0.29) is 5.91 Å². The first-order valence-corrected chi connectivity index (χ1v) is 6.14. The number of primary amides is 1. The van der Waals surface area contributed by atoms with Crippen molar-refractivity contribution in [1.29, 1.82) is 0 Å². The van der Waals surface area contributed by atoms with E-state index in [1.807, 2.05) is 18.2 Å². The quantitative estimate of drug-likeness (QED) is 0.805. The van der Waals surface area contributed by atoms with Crippen LogP contribution in [-0.4, -0.2) is 11.8 Å². The minimum atomic E-state index is -0.745. The van der Waals surface area contributed by atoms with Crippen LogP contribution in [0.3, 0.4) is 0 Å². The topological polar surface area (TPSA) is 72.2 Å². The maximum atomic E-state index is 11.7. The molecule has 0 unspecified atom stereocenters. The fraction of sp³-hybridized carbons (Fsp3) is 0.429. The van der Waals surface area contributed by atoms with Crippen molar-refractivity contribution < 1.29 is 9.59 Å². The zero-order valence-electron chi connectivity index (χ0n) is 10.8. The van der Waals surface area contributed by atoms with E-state index < -0.39 is 11.9 Å². The summed E-state index contributed by atoms with van der Waals surface area (Å²) in [6, 6.07) is 8.28. The van der Waals surface area contributed by atoms with Gasteiger partial charge in [-0.1, -0.05) is 44.2 Å². The number of nitrogens with two attached hydrogens (primary N) is 1. The molecular formula is C14H20N2O2. The van der Waals surface area contributed by atoms with Gasteiger partial charge in [0.25, 0.3) is 0 Å². The van der Waals surface area contributed by atoms with E-state index >= 15 is 0 Å². The first-order valence-electron chi connectivity index (χ1n) is 6.14. The minimum absolute atomic E-state index is 0.142.